The van der Waals surface area contributed by atoms with E-state index in [-0.39, 0.29) is 12.6 Å². The predicted octanol–water partition coefficient (Wildman–Crippen LogP) is 1.67. The molecular formula is C16H30N2O3. The standard InChI is InChI=1S/C16H30N2O3/c1-17(13-16(19)20)11-15-12-18(9-10-21-15)8-7-14-5-3-2-4-6-14/h14-15H,2-13H2,1H3,(H,19,20). The van der Waals surface area contributed by atoms with Gasteiger partial charge in [-0.15, -0.1) is 0 Å². The second kappa shape index (κ2) is 8.71. The van der Waals surface area contributed by atoms with E-state index < -0.39 is 5.97 Å². The number of likely N-dealkylation sites (N-methyl/N-ethyl adjacent to an activating group) is 1. The Hall–Kier alpha value is -0.650. The summed E-state index contributed by atoms with van der Waals surface area (Å²) in [6.07, 6.45) is 8.54. The predicted molar refractivity (Wildman–Crippen MR) is 82.5 cm³/mol. The van der Waals surface area contributed by atoms with E-state index in [1.54, 1.807) is 0 Å². The highest BCUT2D eigenvalue weighted by Gasteiger charge is 2.23. The minimum atomic E-state index is -0.775. The first-order valence-corrected chi connectivity index (χ1v) is 8.38. The summed E-state index contributed by atoms with van der Waals surface area (Å²) in [6, 6.07) is 0. The van der Waals surface area contributed by atoms with Gasteiger partial charge in [-0.3, -0.25) is 14.6 Å². The molecule has 1 N–H and O–H groups in total. The van der Waals surface area contributed by atoms with Gasteiger partial charge < -0.3 is 9.84 Å². The zero-order valence-corrected chi connectivity index (χ0v) is 13.3. The number of morpholine rings is 1. The summed E-state index contributed by atoms with van der Waals surface area (Å²) < 4.78 is 5.78. The topological polar surface area (TPSA) is 53.0 Å². The van der Waals surface area contributed by atoms with Gasteiger partial charge in [0.05, 0.1) is 19.3 Å². The summed E-state index contributed by atoms with van der Waals surface area (Å²) >= 11 is 0. The van der Waals surface area contributed by atoms with Gasteiger partial charge >= 0.3 is 5.97 Å². The lowest BCUT2D eigenvalue weighted by Crippen LogP contribution is -2.48. The van der Waals surface area contributed by atoms with Crippen LogP contribution in [0.4, 0.5) is 0 Å². The molecule has 0 aromatic carbocycles. The Morgan fingerprint density at radius 1 is 1.33 bits per heavy atom. The average molecular weight is 298 g/mol. The summed E-state index contributed by atoms with van der Waals surface area (Å²) in [5.41, 5.74) is 0. The van der Waals surface area contributed by atoms with Crippen molar-refractivity contribution in [3.8, 4) is 0 Å². The van der Waals surface area contributed by atoms with Crippen LogP contribution in [-0.2, 0) is 9.53 Å². The molecule has 0 bridgehead atoms. The molecule has 2 rings (SSSR count). The molecule has 0 aromatic heterocycles. The van der Waals surface area contributed by atoms with Crippen molar-refractivity contribution in [3.63, 3.8) is 0 Å². The van der Waals surface area contributed by atoms with Crippen LogP contribution in [0.5, 0.6) is 0 Å². The molecule has 0 spiro atoms. The van der Waals surface area contributed by atoms with Crippen LogP contribution < -0.4 is 0 Å². The Labute approximate surface area is 128 Å². The van der Waals surface area contributed by atoms with Gasteiger partial charge in [0.2, 0.25) is 0 Å². The van der Waals surface area contributed by atoms with Crippen molar-refractivity contribution in [2.24, 2.45) is 5.92 Å². The fourth-order valence-electron chi connectivity index (χ4n) is 3.58. The molecule has 5 nitrogen and oxygen atoms in total. The number of nitrogens with zero attached hydrogens (tertiary/aromatic N) is 2. The highest BCUT2D eigenvalue weighted by atomic mass is 16.5. The Morgan fingerprint density at radius 2 is 2.10 bits per heavy atom. The van der Waals surface area contributed by atoms with Crippen LogP contribution in [0.2, 0.25) is 0 Å². The molecule has 122 valence electrons. The molecule has 1 unspecified atom stereocenters. The van der Waals surface area contributed by atoms with Gasteiger partial charge in [0.15, 0.2) is 0 Å². The quantitative estimate of drug-likeness (QED) is 0.775. The number of carboxylic acids is 1. The van der Waals surface area contributed by atoms with E-state index in [0.29, 0.717) is 6.54 Å². The summed E-state index contributed by atoms with van der Waals surface area (Å²) in [6.45, 7) is 4.69. The molecule has 1 saturated carbocycles. The van der Waals surface area contributed by atoms with E-state index in [1.807, 2.05) is 11.9 Å². The van der Waals surface area contributed by atoms with Gasteiger partial charge in [0, 0.05) is 19.6 Å². The summed E-state index contributed by atoms with van der Waals surface area (Å²) in [5, 5.41) is 8.80. The van der Waals surface area contributed by atoms with Crippen molar-refractivity contribution in [2.45, 2.75) is 44.6 Å². The zero-order chi connectivity index (χ0) is 15.1. The molecular weight excluding hydrogens is 268 g/mol. The van der Waals surface area contributed by atoms with Crippen molar-refractivity contribution in [3.05, 3.63) is 0 Å². The SMILES string of the molecule is CN(CC(=O)O)CC1CN(CCC2CCCCC2)CCO1. The van der Waals surface area contributed by atoms with E-state index in [1.165, 1.54) is 45.1 Å². The fourth-order valence-corrected chi connectivity index (χ4v) is 3.58. The van der Waals surface area contributed by atoms with Gasteiger partial charge in [-0.25, -0.2) is 0 Å². The maximum atomic E-state index is 10.7. The minimum absolute atomic E-state index is 0.0853. The van der Waals surface area contributed by atoms with Crippen LogP contribution in [-0.4, -0.2) is 73.4 Å². The number of hydrogen-bond donors (Lipinski definition) is 1. The number of carbonyl (C=O) groups is 1. The van der Waals surface area contributed by atoms with Crippen molar-refractivity contribution < 1.29 is 14.6 Å². The molecule has 1 saturated heterocycles. The first kappa shape index (κ1) is 16.7. The molecule has 2 aliphatic rings. The smallest absolute Gasteiger partial charge is 0.317 e. The number of aliphatic carboxylic acids is 1. The first-order chi connectivity index (χ1) is 10.1. The molecule has 21 heavy (non-hydrogen) atoms. The Kier molecular flexibility index (Phi) is 6.93. The van der Waals surface area contributed by atoms with E-state index >= 15 is 0 Å². The lowest BCUT2D eigenvalue weighted by atomic mass is 9.87. The third-order valence-electron chi connectivity index (χ3n) is 4.72. The Morgan fingerprint density at radius 3 is 2.81 bits per heavy atom. The minimum Gasteiger partial charge on any atom is -0.480 e. The number of hydrogen-bond acceptors (Lipinski definition) is 4. The molecule has 1 atom stereocenters. The third-order valence-corrected chi connectivity index (χ3v) is 4.72. The maximum Gasteiger partial charge on any atom is 0.317 e. The van der Waals surface area contributed by atoms with Crippen LogP contribution in [0.15, 0.2) is 0 Å². The summed E-state index contributed by atoms with van der Waals surface area (Å²) in [7, 11) is 1.85. The second-order valence-corrected chi connectivity index (χ2v) is 6.68. The molecule has 1 aliphatic carbocycles. The van der Waals surface area contributed by atoms with Crippen molar-refractivity contribution >= 4 is 5.97 Å². The van der Waals surface area contributed by atoms with Gasteiger partial charge in [0.25, 0.3) is 0 Å². The molecule has 0 aromatic rings. The first-order valence-electron chi connectivity index (χ1n) is 8.38. The van der Waals surface area contributed by atoms with Crippen LogP contribution in [0.1, 0.15) is 38.5 Å². The number of rotatable bonds is 7. The van der Waals surface area contributed by atoms with Gasteiger partial charge in [-0.05, 0) is 25.9 Å². The molecule has 0 radical (unpaired) electrons. The van der Waals surface area contributed by atoms with Crippen molar-refractivity contribution in [1.82, 2.24) is 9.80 Å². The van der Waals surface area contributed by atoms with Crippen LogP contribution >= 0.6 is 0 Å². The Balaban J connectivity index is 1.66. The van der Waals surface area contributed by atoms with E-state index in [2.05, 4.69) is 4.90 Å². The highest BCUT2D eigenvalue weighted by Crippen LogP contribution is 2.26. The van der Waals surface area contributed by atoms with Gasteiger partial charge in [-0.1, -0.05) is 32.1 Å². The van der Waals surface area contributed by atoms with E-state index in [9.17, 15) is 4.79 Å². The average Bonchev–Trinajstić information content (AvgIpc) is 2.46. The van der Waals surface area contributed by atoms with Gasteiger partial charge in [0.1, 0.15) is 0 Å². The van der Waals surface area contributed by atoms with Crippen LogP contribution in [0, 0.1) is 5.92 Å². The molecule has 0 amide bonds. The second-order valence-electron chi connectivity index (χ2n) is 6.68. The van der Waals surface area contributed by atoms with Crippen LogP contribution in [0.3, 0.4) is 0 Å². The van der Waals surface area contributed by atoms with Crippen LogP contribution in [0.25, 0.3) is 0 Å². The normalized spacial score (nSPS) is 25.3. The Bertz CT molecular complexity index is 319. The fraction of sp³-hybridized carbons (Fsp3) is 0.938. The largest absolute Gasteiger partial charge is 0.480 e. The highest BCUT2D eigenvalue weighted by molar-refractivity contribution is 5.68. The molecule has 1 aliphatic heterocycles. The summed E-state index contributed by atoms with van der Waals surface area (Å²) in [5.74, 6) is 0.150. The zero-order valence-electron chi connectivity index (χ0n) is 13.3. The van der Waals surface area contributed by atoms with E-state index in [4.69, 9.17) is 9.84 Å². The van der Waals surface area contributed by atoms with Crippen molar-refractivity contribution in [2.75, 3.05) is 46.4 Å². The summed E-state index contributed by atoms with van der Waals surface area (Å²) in [4.78, 5) is 15.0. The number of carboxylic acid groups (broad SMARTS) is 1. The lowest BCUT2D eigenvalue weighted by molar-refractivity contribution is -0.138. The van der Waals surface area contributed by atoms with E-state index in [0.717, 1.165) is 25.6 Å². The van der Waals surface area contributed by atoms with Crippen molar-refractivity contribution in [1.29, 1.82) is 0 Å². The third kappa shape index (κ3) is 6.32. The maximum absolute atomic E-state index is 10.7. The lowest BCUT2D eigenvalue weighted by Gasteiger charge is -2.35. The monoisotopic (exact) mass is 298 g/mol. The molecule has 1 heterocycles. The van der Waals surface area contributed by atoms with Gasteiger partial charge in [-0.2, -0.15) is 0 Å². The molecule has 2 fully saturated rings. The number of ether oxygens (including phenoxy) is 1. The molecule has 5 heteroatoms.